The molecule has 0 unspecified atom stereocenters. The summed E-state index contributed by atoms with van der Waals surface area (Å²) < 4.78 is 0. The van der Waals surface area contributed by atoms with Crippen molar-refractivity contribution in [2.75, 3.05) is 0 Å². The lowest BCUT2D eigenvalue weighted by Gasteiger charge is -2.38. The summed E-state index contributed by atoms with van der Waals surface area (Å²) in [4.78, 5) is 0. The number of allylic oxidation sites excluding steroid dienone is 2. The summed E-state index contributed by atoms with van der Waals surface area (Å²) in [6.45, 7) is 2.28. The Morgan fingerprint density at radius 2 is 2.11 bits per heavy atom. The molecule has 0 aromatic heterocycles. The van der Waals surface area contributed by atoms with Crippen LogP contribution in [0, 0.1) is 11.8 Å². The molecule has 0 aromatic carbocycles. The van der Waals surface area contributed by atoms with Crippen LogP contribution in [0.4, 0.5) is 0 Å². The Hall–Kier alpha value is -0.260. The molecule has 0 aromatic rings. The third-order valence-corrected chi connectivity index (χ3v) is 2.88. The lowest BCUT2D eigenvalue weighted by Crippen LogP contribution is -2.26. The first-order chi connectivity index (χ1) is 4.38. The van der Waals surface area contributed by atoms with Crippen LogP contribution < -0.4 is 0 Å². The molecule has 0 amide bonds. The van der Waals surface area contributed by atoms with Crippen LogP contribution >= 0.6 is 0 Å². The molecule has 0 heterocycles. The summed E-state index contributed by atoms with van der Waals surface area (Å²) in [5.41, 5.74) is 1.67. The van der Waals surface area contributed by atoms with E-state index in [0.29, 0.717) is 0 Å². The molecule has 0 heteroatoms. The summed E-state index contributed by atoms with van der Waals surface area (Å²) in [5, 5.41) is 0. The highest BCUT2D eigenvalue weighted by Gasteiger charge is 2.31. The minimum atomic E-state index is 0.999. The number of rotatable bonds is 0. The van der Waals surface area contributed by atoms with Crippen LogP contribution in [-0.4, -0.2) is 0 Å². The van der Waals surface area contributed by atoms with Gasteiger partial charge in [0.1, 0.15) is 0 Å². The first kappa shape index (κ1) is 5.52. The van der Waals surface area contributed by atoms with Crippen LogP contribution in [0.5, 0.6) is 0 Å². The van der Waals surface area contributed by atoms with E-state index >= 15 is 0 Å². The van der Waals surface area contributed by atoms with Crippen LogP contribution in [-0.2, 0) is 0 Å². The predicted octanol–water partition coefficient (Wildman–Crippen LogP) is 2.75. The number of hydrogen-bond donors (Lipinski definition) is 0. The highest BCUT2D eigenvalue weighted by atomic mass is 14.4. The molecule has 0 aliphatic heterocycles. The molecule has 0 spiro atoms. The Balaban J connectivity index is 2.08. The zero-order chi connectivity index (χ0) is 6.27. The van der Waals surface area contributed by atoms with Gasteiger partial charge in [-0.2, -0.15) is 0 Å². The fourth-order valence-corrected chi connectivity index (χ4v) is 2.27. The van der Waals surface area contributed by atoms with Crippen molar-refractivity contribution in [2.45, 2.75) is 32.6 Å². The Bertz CT molecular complexity index is 144. The molecular formula is C9H14. The highest BCUT2D eigenvalue weighted by Crippen LogP contribution is 2.43. The quantitative estimate of drug-likeness (QED) is 0.433. The van der Waals surface area contributed by atoms with Gasteiger partial charge in [-0.25, -0.2) is 0 Å². The molecule has 2 aliphatic carbocycles. The molecule has 1 saturated carbocycles. The first-order valence-electron chi connectivity index (χ1n) is 4.06. The van der Waals surface area contributed by atoms with Crippen molar-refractivity contribution >= 4 is 0 Å². The first-order valence-corrected chi connectivity index (χ1v) is 4.06. The van der Waals surface area contributed by atoms with E-state index in [1.54, 1.807) is 5.57 Å². The summed E-state index contributed by atoms with van der Waals surface area (Å²) in [5.74, 6) is 2.01. The Labute approximate surface area is 57.0 Å². The van der Waals surface area contributed by atoms with Crippen molar-refractivity contribution in [3.05, 3.63) is 11.6 Å². The topological polar surface area (TPSA) is 0 Å². The van der Waals surface area contributed by atoms with E-state index in [4.69, 9.17) is 0 Å². The SMILES string of the molecule is CC1=C[C@@H]2CCCC[C@H]12. The van der Waals surface area contributed by atoms with Gasteiger partial charge in [-0.1, -0.05) is 24.5 Å². The molecule has 2 atom stereocenters. The van der Waals surface area contributed by atoms with Crippen molar-refractivity contribution in [2.24, 2.45) is 11.8 Å². The Morgan fingerprint density at radius 3 is 2.67 bits per heavy atom. The fourth-order valence-electron chi connectivity index (χ4n) is 2.27. The third kappa shape index (κ3) is 0.726. The van der Waals surface area contributed by atoms with Crippen molar-refractivity contribution in [1.82, 2.24) is 0 Å². The van der Waals surface area contributed by atoms with Crippen LogP contribution in [0.25, 0.3) is 0 Å². The van der Waals surface area contributed by atoms with Gasteiger partial charge >= 0.3 is 0 Å². The molecule has 0 bridgehead atoms. The largest absolute Gasteiger partial charge is 0.0816 e. The summed E-state index contributed by atoms with van der Waals surface area (Å²) >= 11 is 0. The van der Waals surface area contributed by atoms with E-state index < -0.39 is 0 Å². The second-order valence-corrected chi connectivity index (χ2v) is 3.47. The average Bonchev–Trinajstić information content (AvgIpc) is 1.86. The standard InChI is InChI=1S/C9H14/c1-7-6-8-4-2-3-5-9(7)8/h6,8-9H,2-5H2,1H3/t8-,9+/m0/s1. The zero-order valence-corrected chi connectivity index (χ0v) is 6.06. The monoisotopic (exact) mass is 122 g/mol. The molecule has 0 saturated heterocycles. The molecule has 0 nitrogen and oxygen atoms in total. The predicted molar refractivity (Wildman–Crippen MR) is 39.2 cm³/mol. The molecule has 50 valence electrons. The highest BCUT2D eigenvalue weighted by molar-refractivity contribution is 5.20. The molecule has 1 fully saturated rings. The number of fused-ring (bicyclic) bond motifs is 1. The van der Waals surface area contributed by atoms with E-state index in [2.05, 4.69) is 13.0 Å². The van der Waals surface area contributed by atoms with Gasteiger partial charge in [0.15, 0.2) is 0 Å². The van der Waals surface area contributed by atoms with Gasteiger partial charge in [0.25, 0.3) is 0 Å². The average molecular weight is 122 g/mol. The van der Waals surface area contributed by atoms with Crippen molar-refractivity contribution in [3.8, 4) is 0 Å². The molecular weight excluding hydrogens is 108 g/mol. The number of hydrogen-bond acceptors (Lipinski definition) is 0. The third-order valence-electron chi connectivity index (χ3n) is 2.88. The van der Waals surface area contributed by atoms with Gasteiger partial charge in [-0.15, -0.1) is 0 Å². The molecule has 9 heavy (non-hydrogen) atoms. The molecule has 0 radical (unpaired) electrons. The maximum atomic E-state index is 2.46. The smallest absolute Gasteiger partial charge is 0.0143 e. The van der Waals surface area contributed by atoms with Crippen molar-refractivity contribution < 1.29 is 0 Å². The summed E-state index contributed by atoms with van der Waals surface area (Å²) in [6.07, 6.45) is 8.37. The normalized spacial score (nSPS) is 40.8. The molecule has 2 aliphatic rings. The second-order valence-electron chi connectivity index (χ2n) is 3.47. The minimum Gasteiger partial charge on any atom is -0.0816 e. The molecule has 0 N–H and O–H groups in total. The van der Waals surface area contributed by atoms with Gasteiger partial charge in [0.05, 0.1) is 0 Å². The van der Waals surface area contributed by atoms with Crippen LogP contribution in [0.3, 0.4) is 0 Å². The fraction of sp³-hybridized carbons (Fsp3) is 0.778. The van der Waals surface area contributed by atoms with Gasteiger partial charge in [0.2, 0.25) is 0 Å². The van der Waals surface area contributed by atoms with Crippen LogP contribution in [0.1, 0.15) is 32.6 Å². The Morgan fingerprint density at radius 1 is 1.33 bits per heavy atom. The lowest BCUT2D eigenvalue weighted by molar-refractivity contribution is 0.283. The maximum Gasteiger partial charge on any atom is -0.0143 e. The van der Waals surface area contributed by atoms with E-state index in [1.807, 2.05) is 0 Å². The van der Waals surface area contributed by atoms with Gasteiger partial charge in [-0.05, 0) is 31.6 Å². The van der Waals surface area contributed by atoms with E-state index in [9.17, 15) is 0 Å². The van der Waals surface area contributed by atoms with Gasteiger partial charge in [-0.3, -0.25) is 0 Å². The lowest BCUT2D eigenvalue weighted by atomic mass is 9.67. The summed E-state index contributed by atoms with van der Waals surface area (Å²) in [6, 6.07) is 0. The van der Waals surface area contributed by atoms with Crippen LogP contribution in [0.15, 0.2) is 11.6 Å². The Kier molecular flexibility index (Phi) is 1.14. The summed E-state index contributed by atoms with van der Waals surface area (Å²) in [7, 11) is 0. The van der Waals surface area contributed by atoms with Crippen molar-refractivity contribution in [3.63, 3.8) is 0 Å². The zero-order valence-electron chi connectivity index (χ0n) is 6.06. The second kappa shape index (κ2) is 1.86. The van der Waals surface area contributed by atoms with Gasteiger partial charge < -0.3 is 0 Å². The van der Waals surface area contributed by atoms with Crippen LogP contribution in [0.2, 0.25) is 0 Å². The molecule has 2 rings (SSSR count). The van der Waals surface area contributed by atoms with Gasteiger partial charge in [0, 0.05) is 0 Å². The van der Waals surface area contributed by atoms with Crippen molar-refractivity contribution in [1.29, 1.82) is 0 Å². The maximum absolute atomic E-state index is 2.46. The van der Waals surface area contributed by atoms with E-state index in [1.165, 1.54) is 25.7 Å². The van der Waals surface area contributed by atoms with E-state index in [-0.39, 0.29) is 0 Å². The van der Waals surface area contributed by atoms with E-state index in [0.717, 1.165) is 11.8 Å². The minimum absolute atomic E-state index is 0.999.